The number of likely N-dealkylation sites (tertiary alicyclic amines) is 1. The zero-order chi connectivity index (χ0) is 17.2. The third-order valence-corrected chi connectivity index (χ3v) is 4.96. The van der Waals surface area contributed by atoms with Crippen molar-refractivity contribution in [3.05, 3.63) is 29.8 Å². The number of ether oxygens (including phenoxy) is 1. The van der Waals surface area contributed by atoms with Crippen molar-refractivity contribution in [1.29, 1.82) is 0 Å². The van der Waals surface area contributed by atoms with Crippen LogP contribution in [-0.4, -0.2) is 63.2 Å². The van der Waals surface area contributed by atoms with Gasteiger partial charge in [-0.25, -0.2) is 0 Å². The number of hydrogen-bond acceptors (Lipinski definition) is 4. The summed E-state index contributed by atoms with van der Waals surface area (Å²) in [5, 5.41) is 6.85. The molecular weight excluding hydrogens is 447 g/mol. The minimum atomic E-state index is 0. The molecule has 0 spiro atoms. The Balaban J connectivity index is 0.00000312. The van der Waals surface area contributed by atoms with E-state index >= 15 is 0 Å². The smallest absolute Gasteiger partial charge is 0.191 e. The van der Waals surface area contributed by atoms with Gasteiger partial charge in [0.05, 0.1) is 13.2 Å². The number of methoxy groups -OCH3 is 1. The molecule has 2 rings (SSSR count). The Morgan fingerprint density at radius 2 is 2.08 bits per heavy atom. The molecule has 0 radical (unpaired) electrons. The van der Waals surface area contributed by atoms with Crippen LogP contribution in [0.3, 0.4) is 0 Å². The second-order valence-electron chi connectivity index (χ2n) is 5.91. The van der Waals surface area contributed by atoms with E-state index in [2.05, 4.69) is 45.0 Å². The number of nitrogens with zero attached hydrogens (tertiary/aromatic N) is 2. The number of thioether (sulfide) groups is 1. The van der Waals surface area contributed by atoms with E-state index in [0.29, 0.717) is 6.04 Å². The van der Waals surface area contributed by atoms with E-state index in [-0.39, 0.29) is 24.0 Å². The lowest BCUT2D eigenvalue weighted by molar-refractivity contribution is 0.245. The van der Waals surface area contributed by atoms with Crippen molar-refractivity contribution >= 4 is 41.7 Å². The molecule has 25 heavy (non-hydrogen) atoms. The number of rotatable bonds is 8. The average molecular weight is 478 g/mol. The van der Waals surface area contributed by atoms with Crippen LogP contribution in [0.1, 0.15) is 24.4 Å². The van der Waals surface area contributed by atoms with Crippen molar-refractivity contribution < 1.29 is 4.74 Å². The number of nitrogens with one attached hydrogen (secondary N) is 2. The molecule has 7 heteroatoms. The lowest BCUT2D eigenvalue weighted by Gasteiger charge is -2.29. The van der Waals surface area contributed by atoms with E-state index < -0.39 is 0 Å². The van der Waals surface area contributed by atoms with Gasteiger partial charge in [-0.2, -0.15) is 11.8 Å². The second-order valence-corrected chi connectivity index (χ2v) is 6.89. The van der Waals surface area contributed by atoms with Crippen LogP contribution < -0.4 is 15.4 Å². The van der Waals surface area contributed by atoms with Crippen molar-refractivity contribution in [2.45, 2.75) is 18.9 Å². The van der Waals surface area contributed by atoms with Gasteiger partial charge >= 0.3 is 0 Å². The molecule has 1 heterocycles. The first-order chi connectivity index (χ1) is 11.8. The Labute approximate surface area is 173 Å². The van der Waals surface area contributed by atoms with Gasteiger partial charge in [0.2, 0.25) is 0 Å². The SMILES string of the molecule is CN=C(NCCSC)NCC(c1cccc(OC)c1)N1CCCC1.I. The van der Waals surface area contributed by atoms with Gasteiger partial charge in [-0.15, -0.1) is 24.0 Å². The number of benzene rings is 1. The maximum atomic E-state index is 5.40. The van der Waals surface area contributed by atoms with Gasteiger partial charge in [0.1, 0.15) is 5.75 Å². The zero-order valence-corrected chi connectivity index (χ0v) is 18.6. The Morgan fingerprint density at radius 3 is 2.72 bits per heavy atom. The fourth-order valence-electron chi connectivity index (χ4n) is 3.05. The van der Waals surface area contributed by atoms with Gasteiger partial charge in [0.25, 0.3) is 0 Å². The van der Waals surface area contributed by atoms with Crippen LogP contribution in [0.15, 0.2) is 29.3 Å². The van der Waals surface area contributed by atoms with Crippen LogP contribution in [0.2, 0.25) is 0 Å². The molecular formula is C18H31IN4OS. The topological polar surface area (TPSA) is 48.9 Å². The molecule has 1 aromatic carbocycles. The van der Waals surface area contributed by atoms with Gasteiger partial charge < -0.3 is 15.4 Å². The van der Waals surface area contributed by atoms with Crippen molar-refractivity contribution in [3.8, 4) is 5.75 Å². The van der Waals surface area contributed by atoms with Crippen molar-refractivity contribution in [3.63, 3.8) is 0 Å². The summed E-state index contributed by atoms with van der Waals surface area (Å²) in [6.45, 7) is 4.07. The van der Waals surface area contributed by atoms with Gasteiger partial charge in [-0.3, -0.25) is 9.89 Å². The Kier molecular flexibility index (Phi) is 11.3. The van der Waals surface area contributed by atoms with Gasteiger partial charge in [0, 0.05) is 25.9 Å². The molecule has 5 nitrogen and oxygen atoms in total. The molecule has 0 aromatic heterocycles. The van der Waals surface area contributed by atoms with E-state index in [1.54, 1.807) is 7.11 Å². The predicted molar refractivity (Wildman–Crippen MR) is 120 cm³/mol. The van der Waals surface area contributed by atoms with E-state index in [9.17, 15) is 0 Å². The monoisotopic (exact) mass is 478 g/mol. The first-order valence-corrected chi connectivity index (χ1v) is 9.99. The van der Waals surface area contributed by atoms with Gasteiger partial charge in [0.15, 0.2) is 5.96 Å². The Hall–Kier alpha value is -0.670. The molecule has 1 aliphatic rings. The minimum absolute atomic E-state index is 0. The van der Waals surface area contributed by atoms with E-state index in [0.717, 1.165) is 43.6 Å². The summed E-state index contributed by atoms with van der Waals surface area (Å²) >= 11 is 1.83. The maximum absolute atomic E-state index is 5.40. The van der Waals surface area contributed by atoms with Crippen LogP contribution >= 0.6 is 35.7 Å². The molecule has 1 saturated heterocycles. The highest BCUT2D eigenvalue weighted by Gasteiger charge is 2.24. The number of halogens is 1. The second kappa shape index (κ2) is 12.6. The van der Waals surface area contributed by atoms with Crippen molar-refractivity contribution in [2.75, 3.05) is 52.3 Å². The Morgan fingerprint density at radius 1 is 1.32 bits per heavy atom. The molecule has 1 aliphatic heterocycles. The molecule has 1 unspecified atom stereocenters. The minimum Gasteiger partial charge on any atom is -0.497 e. The summed E-state index contributed by atoms with van der Waals surface area (Å²) in [6.07, 6.45) is 4.67. The number of hydrogen-bond donors (Lipinski definition) is 2. The Bertz CT molecular complexity index is 524. The summed E-state index contributed by atoms with van der Waals surface area (Å²) in [5.74, 6) is 2.86. The largest absolute Gasteiger partial charge is 0.497 e. The highest BCUT2D eigenvalue weighted by molar-refractivity contribution is 14.0. The van der Waals surface area contributed by atoms with Crippen LogP contribution in [0.25, 0.3) is 0 Å². The van der Waals surface area contributed by atoms with E-state index in [1.807, 2.05) is 24.9 Å². The molecule has 1 fully saturated rings. The molecule has 1 aromatic rings. The highest BCUT2D eigenvalue weighted by Crippen LogP contribution is 2.27. The number of guanidine groups is 1. The summed E-state index contributed by atoms with van der Waals surface area (Å²) in [4.78, 5) is 6.88. The normalized spacial score (nSPS) is 16.2. The van der Waals surface area contributed by atoms with Crippen LogP contribution in [0.4, 0.5) is 0 Å². The fraction of sp³-hybridized carbons (Fsp3) is 0.611. The lowest BCUT2D eigenvalue weighted by Crippen LogP contribution is -2.43. The van der Waals surface area contributed by atoms with Crippen molar-refractivity contribution in [1.82, 2.24) is 15.5 Å². The third-order valence-electron chi connectivity index (χ3n) is 4.35. The van der Waals surface area contributed by atoms with Gasteiger partial charge in [-0.05, 0) is 49.9 Å². The van der Waals surface area contributed by atoms with Gasteiger partial charge in [-0.1, -0.05) is 12.1 Å². The lowest BCUT2D eigenvalue weighted by atomic mass is 10.1. The molecule has 0 bridgehead atoms. The molecule has 2 N–H and O–H groups in total. The zero-order valence-electron chi connectivity index (χ0n) is 15.5. The quantitative estimate of drug-likeness (QED) is 0.261. The summed E-state index contributed by atoms with van der Waals surface area (Å²) in [5.41, 5.74) is 1.29. The van der Waals surface area contributed by atoms with Crippen LogP contribution in [-0.2, 0) is 0 Å². The highest BCUT2D eigenvalue weighted by atomic mass is 127. The first kappa shape index (κ1) is 22.4. The molecule has 0 aliphatic carbocycles. The predicted octanol–water partition coefficient (Wildman–Crippen LogP) is 2.98. The third kappa shape index (κ3) is 7.22. The summed E-state index contributed by atoms with van der Waals surface area (Å²) < 4.78 is 5.40. The summed E-state index contributed by atoms with van der Waals surface area (Å²) in [7, 11) is 3.55. The fourth-order valence-corrected chi connectivity index (χ4v) is 3.35. The van der Waals surface area contributed by atoms with E-state index in [4.69, 9.17) is 4.74 Å². The molecule has 0 saturated carbocycles. The molecule has 142 valence electrons. The van der Waals surface area contributed by atoms with E-state index in [1.165, 1.54) is 18.4 Å². The standard InChI is InChI=1S/C18H30N4OS.HI/c1-19-18(20-9-12-24-3)21-14-17(22-10-4-5-11-22)15-7-6-8-16(13-15)23-2;/h6-8,13,17H,4-5,9-12,14H2,1-3H3,(H2,19,20,21);1H. The maximum Gasteiger partial charge on any atom is 0.191 e. The van der Waals surface area contributed by atoms with Crippen LogP contribution in [0.5, 0.6) is 5.75 Å². The van der Waals surface area contributed by atoms with Crippen LogP contribution in [0, 0.1) is 0 Å². The average Bonchev–Trinajstić information content (AvgIpc) is 3.15. The van der Waals surface area contributed by atoms with Crippen molar-refractivity contribution in [2.24, 2.45) is 4.99 Å². The number of aliphatic imine (C=N–C) groups is 1. The molecule has 0 amide bonds. The first-order valence-electron chi connectivity index (χ1n) is 8.60. The summed E-state index contributed by atoms with van der Waals surface area (Å²) in [6, 6.07) is 8.75. The molecule has 1 atom stereocenters.